The summed E-state index contributed by atoms with van der Waals surface area (Å²) in [7, 11) is 0. The Morgan fingerprint density at radius 2 is 2.18 bits per heavy atom. The summed E-state index contributed by atoms with van der Waals surface area (Å²) >= 11 is 3.50. The number of hydrogen-bond acceptors (Lipinski definition) is 3. The smallest absolute Gasteiger partial charge is 0.170 e. The minimum atomic E-state index is 0.528. The molecular formula is C12H10BrN3O. The Balaban J connectivity index is 2.22. The number of carbonyl (C=O) groups is 1. The van der Waals surface area contributed by atoms with Gasteiger partial charge in [0.05, 0.1) is 11.4 Å². The van der Waals surface area contributed by atoms with Crippen LogP contribution in [-0.2, 0) is 13.1 Å². The second kappa shape index (κ2) is 4.09. The molecule has 86 valence electrons. The van der Waals surface area contributed by atoms with Gasteiger partial charge in [-0.3, -0.25) is 4.79 Å². The van der Waals surface area contributed by atoms with Crippen LogP contribution in [0.2, 0.25) is 0 Å². The molecule has 0 unspecified atom stereocenters. The average Bonchev–Trinajstić information content (AvgIpc) is 2.91. The predicted molar refractivity (Wildman–Crippen MR) is 67.2 cm³/mol. The van der Waals surface area contributed by atoms with E-state index >= 15 is 0 Å². The molecule has 0 spiro atoms. The summed E-state index contributed by atoms with van der Waals surface area (Å²) in [5.74, 6) is 0. The molecule has 3 rings (SSSR count). The number of aldehydes is 1. The molecule has 2 aromatic rings. The van der Waals surface area contributed by atoms with Gasteiger partial charge in [0.25, 0.3) is 0 Å². The number of carbonyl (C=O) groups excluding carboxylic acids is 1. The second-order valence-electron chi connectivity index (χ2n) is 3.90. The first-order valence-corrected chi connectivity index (χ1v) is 6.12. The van der Waals surface area contributed by atoms with Gasteiger partial charge in [-0.2, -0.15) is 5.10 Å². The van der Waals surface area contributed by atoms with Crippen molar-refractivity contribution in [3.8, 4) is 5.69 Å². The van der Waals surface area contributed by atoms with Crippen LogP contribution in [0.25, 0.3) is 5.69 Å². The van der Waals surface area contributed by atoms with Crippen LogP contribution in [0.3, 0.4) is 0 Å². The highest BCUT2D eigenvalue weighted by atomic mass is 79.9. The highest BCUT2D eigenvalue weighted by Crippen LogP contribution is 2.26. The van der Waals surface area contributed by atoms with Gasteiger partial charge in [-0.1, -0.05) is 12.1 Å². The van der Waals surface area contributed by atoms with Crippen LogP contribution in [-0.4, -0.2) is 16.1 Å². The third-order valence-corrected chi connectivity index (χ3v) is 3.58. The van der Waals surface area contributed by atoms with Crippen molar-refractivity contribution >= 4 is 22.2 Å². The molecule has 4 nitrogen and oxygen atoms in total. The molecule has 1 aliphatic rings. The third-order valence-electron chi connectivity index (χ3n) is 2.91. The Bertz CT molecular complexity index is 591. The van der Waals surface area contributed by atoms with Crippen molar-refractivity contribution in [2.45, 2.75) is 13.1 Å². The molecule has 0 radical (unpaired) electrons. The molecule has 0 saturated carbocycles. The zero-order valence-electron chi connectivity index (χ0n) is 8.98. The van der Waals surface area contributed by atoms with Gasteiger partial charge < -0.3 is 5.32 Å². The lowest BCUT2D eigenvalue weighted by Crippen LogP contribution is -2.08. The average molecular weight is 292 g/mol. The van der Waals surface area contributed by atoms with E-state index in [1.54, 1.807) is 0 Å². The van der Waals surface area contributed by atoms with Gasteiger partial charge >= 0.3 is 0 Å². The Hall–Kier alpha value is -1.46. The van der Waals surface area contributed by atoms with Crippen LogP contribution in [0.5, 0.6) is 0 Å². The van der Waals surface area contributed by atoms with Gasteiger partial charge in [0.15, 0.2) is 6.29 Å². The molecule has 17 heavy (non-hydrogen) atoms. The fourth-order valence-electron chi connectivity index (χ4n) is 2.10. The van der Waals surface area contributed by atoms with Crippen LogP contribution in [0.1, 0.15) is 21.7 Å². The monoisotopic (exact) mass is 291 g/mol. The first-order chi connectivity index (χ1) is 8.31. The SMILES string of the molecule is O=Cc1nn(-c2ccccc2Br)c2c1CNC2. The second-order valence-corrected chi connectivity index (χ2v) is 4.75. The number of fused-ring (bicyclic) bond motifs is 1. The molecule has 1 aliphatic heterocycles. The Labute approximate surface area is 107 Å². The van der Waals surface area contributed by atoms with Crippen LogP contribution in [0.4, 0.5) is 0 Å². The van der Waals surface area contributed by atoms with E-state index in [0.717, 1.165) is 34.2 Å². The summed E-state index contributed by atoms with van der Waals surface area (Å²) in [6.45, 7) is 1.46. The molecule has 0 amide bonds. The summed E-state index contributed by atoms with van der Waals surface area (Å²) < 4.78 is 2.80. The molecular weight excluding hydrogens is 282 g/mol. The number of rotatable bonds is 2. The maximum atomic E-state index is 11.0. The number of nitrogens with one attached hydrogen (secondary N) is 1. The fourth-order valence-corrected chi connectivity index (χ4v) is 2.55. The lowest BCUT2D eigenvalue weighted by Gasteiger charge is -2.07. The van der Waals surface area contributed by atoms with E-state index in [1.807, 2.05) is 28.9 Å². The van der Waals surface area contributed by atoms with Crippen molar-refractivity contribution < 1.29 is 4.79 Å². The van der Waals surface area contributed by atoms with Gasteiger partial charge in [0.2, 0.25) is 0 Å². The van der Waals surface area contributed by atoms with Gasteiger partial charge in [0.1, 0.15) is 5.69 Å². The van der Waals surface area contributed by atoms with E-state index in [-0.39, 0.29) is 0 Å². The summed E-state index contributed by atoms with van der Waals surface area (Å²) in [6, 6.07) is 7.85. The molecule has 1 aromatic heterocycles. The standard InChI is InChI=1S/C12H10BrN3O/c13-9-3-1-2-4-11(9)16-12-6-14-5-8(12)10(7-17)15-16/h1-4,7,14H,5-6H2. The zero-order chi connectivity index (χ0) is 11.8. The first kappa shape index (κ1) is 10.7. The van der Waals surface area contributed by atoms with Crippen molar-refractivity contribution in [2.24, 2.45) is 0 Å². The summed E-state index contributed by atoms with van der Waals surface area (Å²) in [4.78, 5) is 11.0. The van der Waals surface area contributed by atoms with Crippen molar-refractivity contribution in [3.63, 3.8) is 0 Å². The van der Waals surface area contributed by atoms with Crippen LogP contribution >= 0.6 is 15.9 Å². The van der Waals surface area contributed by atoms with E-state index in [4.69, 9.17) is 0 Å². The molecule has 0 saturated heterocycles. The van der Waals surface area contributed by atoms with Crippen molar-refractivity contribution in [1.82, 2.24) is 15.1 Å². The number of para-hydroxylation sites is 1. The Kier molecular flexibility index (Phi) is 2.57. The van der Waals surface area contributed by atoms with Gasteiger partial charge in [-0.15, -0.1) is 0 Å². The van der Waals surface area contributed by atoms with Gasteiger partial charge in [0, 0.05) is 23.1 Å². The number of hydrogen-bond donors (Lipinski definition) is 1. The van der Waals surface area contributed by atoms with Crippen molar-refractivity contribution in [1.29, 1.82) is 0 Å². The van der Waals surface area contributed by atoms with Crippen molar-refractivity contribution in [2.75, 3.05) is 0 Å². The molecule has 0 aliphatic carbocycles. The van der Waals surface area contributed by atoms with Crippen LogP contribution in [0.15, 0.2) is 28.7 Å². The number of aromatic nitrogens is 2. The normalized spacial score (nSPS) is 13.7. The number of halogens is 1. The minimum Gasteiger partial charge on any atom is -0.307 e. The molecule has 2 heterocycles. The number of benzene rings is 1. The van der Waals surface area contributed by atoms with Crippen LogP contribution in [0, 0.1) is 0 Å². The lowest BCUT2D eigenvalue weighted by atomic mass is 10.2. The van der Waals surface area contributed by atoms with E-state index in [0.29, 0.717) is 12.2 Å². The zero-order valence-corrected chi connectivity index (χ0v) is 10.6. The summed E-state index contributed by atoms with van der Waals surface area (Å²) in [5, 5.41) is 7.60. The highest BCUT2D eigenvalue weighted by Gasteiger charge is 2.22. The largest absolute Gasteiger partial charge is 0.307 e. The Morgan fingerprint density at radius 3 is 2.94 bits per heavy atom. The lowest BCUT2D eigenvalue weighted by molar-refractivity contribution is 0.111. The topological polar surface area (TPSA) is 46.9 Å². The minimum absolute atomic E-state index is 0.528. The molecule has 0 fully saturated rings. The quantitative estimate of drug-likeness (QED) is 0.862. The molecule has 1 N–H and O–H groups in total. The third kappa shape index (κ3) is 1.62. The van der Waals surface area contributed by atoms with Gasteiger partial charge in [-0.25, -0.2) is 4.68 Å². The number of nitrogens with zero attached hydrogens (tertiary/aromatic N) is 2. The van der Waals surface area contributed by atoms with E-state index in [2.05, 4.69) is 26.3 Å². The maximum absolute atomic E-state index is 11.0. The van der Waals surface area contributed by atoms with E-state index in [9.17, 15) is 4.79 Å². The van der Waals surface area contributed by atoms with Gasteiger partial charge in [-0.05, 0) is 28.1 Å². The van der Waals surface area contributed by atoms with E-state index < -0.39 is 0 Å². The Morgan fingerprint density at radius 1 is 1.35 bits per heavy atom. The molecule has 0 atom stereocenters. The van der Waals surface area contributed by atoms with Crippen molar-refractivity contribution in [3.05, 3.63) is 45.7 Å². The first-order valence-electron chi connectivity index (χ1n) is 5.33. The van der Waals surface area contributed by atoms with E-state index in [1.165, 1.54) is 0 Å². The summed E-state index contributed by atoms with van der Waals surface area (Å²) in [6.07, 6.45) is 0.819. The molecule has 1 aromatic carbocycles. The summed E-state index contributed by atoms with van der Waals surface area (Å²) in [5.41, 5.74) is 3.57. The fraction of sp³-hybridized carbons (Fsp3) is 0.167. The van der Waals surface area contributed by atoms with Crippen LogP contribution < -0.4 is 5.32 Å². The molecule has 5 heteroatoms. The predicted octanol–water partition coefficient (Wildman–Crippen LogP) is 2.05. The highest BCUT2D eigenvalue weighted by molar-refractivity contribution is 9.10. The molecule has 0 bridgehead atoms. The maximum Gasteiger partial charge on any atom is 0.170 e.